The zero-order chi connectivity index (χ0) is 15.0. The molecule has 110 valence electrons. The zero-order valence-electron chi connectivity index (χ0n) is 10.6. The average Bonchev–Trinajstić information content (AvgIpc) is 2.87. The van der Waals surface area contributed by atoms with E-state index in [4.69, 9.17) is 0 Å². The molecule has 2 N–H and O–H groups in total. The van der Waals surface area contributed by atoms with Crippen LogP contribution in [0, 0.1) is 0 Å². The number of thioether (sulfide) groups is 1. The van der Waals surface area contributed by atoms with E-state index in [1.165, 1.54) is 12.1 Å². The number of hydrogen-bond acceptors (Lipinski definition) is 4. The molecule has 4 nitrogen and oxygen atoms in total. The predicted molar refractivity (Wildman–Crippen MR) is 74.6 cm³/mol. The fraction of sp³-hybridized carbons (Fsp3) is 0.231. The Morgan fingerprint density at radius 1 is 1.19 bits per heavy atom. The molecule has 8 heteroatoms. The van der Waals surface area contributed by atoms with Gasteiger partial charge in [-0.05, 0) is 24.3 Å². The SMILES string of the molecule is O=c1[nH]c(Nc2ccc(C(F)(F)F)cc2)nc2c1CSC2. The van der Waals surface area contributed by atoms with Crippen LogP contribution in [-0.2, 0) is 17.7 Å². The van der Waals surface area contributed by atoms with Crippen LogP contribution < -0.4 is 10.9 Å². The van der Waals surface area contributed by atoms with Gasteiger partial charge in [0.1, 0.15) is 0 Å². The molecule has 2 aromatic rings. The normalized spacial score (nSPS) is 14.0. The minimum Gasteiger partial charge on any atom is -0.326 e. The third-order valence-electron chi connectivity index (χ3n) is 3.06. The highest BCUT2D eigenvalue weighted by molar-refractivity contribution is 7.98. The summed E-state index contributed by atoms with van der Waals surface area (Å²) in [5.74, 6) is 1.54. The van der Waals surface area contributed by atoms with E-state index in [2.05, 4.69) is 15.3 Å². The second-order valence-electron chi connectivity index (χ2n) is 4.53. The third-order valence-corrected chi connectivity index (χ3v) is 4.03. The largest absolute Gasteiger partial charge is 0.416 e. The van der Waals surface area contributed by atoms with Crippen molar-refractivity contribution in [2.75, 3.05) is 5.32 Å². The first kappa shape index (κ1) is 14.0. The first-order valence-electron chi connectivity index (χ1n) is 6.07. The molecule has 0 amide bonds. The smallest absolute Gasteiger partial charge is 0.326 e. The van der Waals surface area contributed by atoms with E-state index in [0.717, 1.165) is 17.8 Å². The monoisotopic (exact) mass is 313 g/mol. The number of hydrogen-bond donors (Lipinski definition) is 2. The van der Waals surface area contributed by atoms with E-state index in [9.17, 15) is 18.0 Å². The number of fused-ring (bicyclic) bond motifs is 1. The summed E-state index contributed by atoms with van der Waals surface area (Å²) in [6.07, 6.45) is -4.37. The second kappa shape index (κ2) is 5.10. The summed E-state index contributed by atoms with van der Waals surface area (Å²) in [4.78, 5) is 18.7. The lowest BCUT2D eigenvalue weighted by molar-refractivity contribution is -0.137. The van der Waals surface area contributed by atoms with Gasteiger partial charge in [0.05, 0.1) is 11.3 Å². The van der Waals surface area contributed by atoms with Gasteiger partial charge in [-0.15, -0.1) is 0 Å². The number of rotatable bonds is 2. The van der Waals surface area contributed by atoms with Gasteiger partial charge in [0.2, 0.25) is 5.95 Å². The van der Waals surface area contributed by atoms with E-state index < -0.39 is 11.7 Å². The molecule has 0 spiro atoms. The number of anilines is 2. The maximum absolute atomic E-state index is 12.5. The standard InChI is InChI=1S/C13H10F3N3OS/c14-13(15,16)7-1-3-8(4-2-7)17-12-18-10-6-21-5-9(10)11(20)19-12/h1-4H,5-6H2,(H2,17,18,19,20). The van der Waals surface area contributed by atoms with Crippen LogP contribution in [0.3, 0.4) is 0 Å². The van der Waals surface area contributed by atoms with E-state index in [0.29, 0.717) is 22.8 Å². The zero-order valence-corrected chi connectivity index (χ0v) is 11.4. The molecule has 0 unspecified atom stereocenters. The average molecular weight is 313 g/mol. The summed E-state index contributed by atoms with van der Waals surface area (Å²) in [5.41, 5.74) is 0.882. The molecule has 2 heterocycles. The van der Waals surface area contributed by atoms with E-state index in [1.54, 1.807) is 11.8 Å². The molecular weight excluding hydrogens is 303 g/mol. The maximum atomic E-state index is 12.5. The van der Waals surface area contributed by atoms with Crippen molar-refractivity contribution in [2.24, 2.45) is 0 Å². The van der Waals surface area contributed by atoms with Crippen molar-refractivity contribution >= 4 is 23.4 Å². The number of nitrogens with zero attached hydrogens (tertiary/aromatic N) is 1. The van der Waals surface area contributed by atoms with Gasteiger partial charge in [-0.2, -0.15) is 24.9 Å². The molecule has 0 saturated heterocycles. The number of aromatic nitrogens is 2. The molecule has 0 atom stereocenters. The molecule has 0 saturated carbocycles. The van der Waals surface area contributed by atoms with E-state index >= 15 is 0 Å². The van der Waals surface area contributed by atoms with Gasteiger partial charge in [-0.3, -0.25) is 9.78 Å². The van der Waals surface area contributed by atoms with Crippen LogP contribution in [0.5, 0.6) is 0 Å². The highest BCUT2D eigenvalue weighted by atomic mass is 32.2. The minimum atomic E-state index is -4.37. The lowest BCUT2D eigenvalue weighted by Crippen LogP contribution is -2.16. The van der Waals surface area contributed by atoms with E-state index in [-0.39, 0.29) is 11.5 Å². The van der Waals surface area contributed by atoms with Crippen LogP contribution in [0.15, 0.2) is 29.1 Å². The fourth-order valence-corrected chi connectivity index (χ4v) is 3.04. The summed E-state index contributed by atoms with van der Waals surface area (Å²) >= 11 is 1.60. The summed E-state index contributed by atoms with van der Waals surface area (Å²) in [6.45, 7) is 0. The minimum absolute atomic E-state index is 0.209. The summed E-state index contributed by atoms with van der Waals surface area (Å²) in [6, 6.07) is 4.54. The predicted octanol–water partition coefficient (Wildman–Crippen LogP) is 3.28. The lowest BCUT2D eigenvalue weighted by Gasteiger charge is -2.09. The topological polar surface area (TPSA) is 57.8 Å². The van der Waals surface area contributed by atoms with Crippen molar-refractivity contribution in [3.63, 3.8) is 0 Å². The van der Waals surface area contributed by atoms with Crippen molar-refractivity contribution in [3.05, 3.63) is 51.4 Å². The summed E-state index contributed by atoms with van der Waals surface area (Å²) in [5, 5.41) is 2.81. The lowest BCUT2D eigenvalue weighted by atomic mass is 10.2. The molecule has 1 aliphatic rings. The fourth-order valence-electron chi connectivity index (χ4n) is 2.00. The van der Waals surface area contributed by atoms with Gasteiger partial charge in [0, 0.05) is 22.8 Å². The molecule has 0 fully saturated rings. The molecule has 1 aromatic heterocycles. The Kier molecular flexibility index (Phi) is 3.40. The third kappa shape index (κ3) is 2.90. The van der Waals surface area contributed by atoms with Crippen LogP contribution in [0.4, 0.5) is 24.8 Å². The molecule has 1 aliphatic heterocycles. The number of H-pyrrole nitrogens is 1. The highest BCUT2D eigenvalue weighted by Crippen LogP contribution is 2.30. The molecule has 0 bridgehead atoms. The van der Waals surface area contributed by atoms with Crippen molar-refractivity contribution < 1.29 is 13.2 Å². The van der Waals surface area contributed by atoms with Crippen LogP contribution in [-0.4, -0.2) is 9.97 Å². The maximum Gasteiger partial charge on any atom is 0.416 e. The highest BCUT2D eigenvalue weighted by Gasteiger charge is 2.30. The molecular formula is C13H10F3N3OS. The quantitative estimate of drug-likeness (QED) is 0.893. The number of alkyl halides is 3. The summed E-state index contributed by atoms with van der Waals surface area (Å²) in [7, 11) is 0. The van der Waals surface area contributed by atoms with E-state index in [1.807, 2.05) is 0 Å². The van der Waals surface area contributed by atoms with Crippen LogP contribution in [0.2, 0.25) is 0 Å². The van der Waals surface area contributed by atoms with Crippen molar-refractivity contribution in [1.29, 1.82) is 0 Å². The van der Waals surface area contributed by atoms with Crippen molar-refractivity contribution in [1.82, 2.24) is 9.97 Å². The van der Waals surface area contributed by atoms with Gasteiger partial charge in [-0.25, -0.2) is 4.98 Å². The Balaban J connectivity index is 1.84. The molecule has 1 aromatic carbocycles. The van der Waals surface area contributed by atoms with Gasteiger partial charge in [0.25, 0.3) is 5.56 Å². The Morgan fingerprint density at radius 3 is 2.57 bits per heavy atom. The van der Waals surface area contributed by atoms with Crippen molar-refractivity contribution in [2.45, 2.75) is 17.7 Å². The van der Waals surface area contributed by atoms with Gasteiger partial charge in [0.15, 0.2) is 0 Å². The van der Waals surface area contributed by atoms with Crippen LogP contribution in [0.1, 0.15) is 16.8 Å². The summed E-state index contributed by atoms with van der Waals surface area (Å²) < 4.78 is 37.4. The number of nitrogens with one attached hydrogen (secondary N) is 2. The van der Waals surface area contributed by atoms with Gasteiger partial charge >= 0.3 is 6.18 Å². The first-order chi connectivity index (χ1) is 9.93. The first-order valence-corrected chi connectivity index (χ1v) is 7.23. The van der Waals surface area contributed by atoms with Gasteiger partial charge < -0.3 is 5.32 Å². The Labute approximate surface area is 121 Å². The van der Waals surface area contributed by atoms with Crippen molar-refractivity contribution in [3.8, 4) is 0 Å². The number of benzene rings is 1. The van der Waals surface area contributed by atoms with Crippen LogP contribution >= 0.6 is 11.8 Å². The van der Waals surface area contributed by atoms with Crippen LogP contribution in [0.25, 0.3) is 0 Å². The van der Waals surface area contributed by atoms with Gasteiger partial charge in [-0.1, -0.05) is 0 Å². The molecule has 3 rings (SSSR count). The number of halogens is 3. The molecule has 0 radical (unpaired) electrons. The molecule has 0 aliphatic carbocycles. The Morgan fingerprint density at radius 2 is 1.90 bits per heavy atom. The Bertz CT molecular complexity index is 725. The molecule has 21 heavy (non-hydrogen) atoms. The second-order valence-corrected chi connectivity index (χ2v) is 5.52. The Hall–Kier alpha value is -1.96. The number of aromatic amines is 1.